The van der Waals surface area contributed by atoms with E-state index in [1.165, 1.54) is 39.2 Å². The number of thioether (sulfide) groups is 1. The number of benzene rings is 2. The molecule has 2 aromatic carbocycles. The fourth-order valence-electron chi connectivity index (χ4n) is 2.93. The number of fused-ring (bicyclic) bond motifs is 1. The minimum atomic E-state index is -0.922. The van der Waals surface area contributed by atoms with Crippen LogP contribution in [0.15, 0.2) is 40.6 Å². The SMILES string of the molecule is COc1cc(-c2nnc3n2N=C(c2ccc(F)c(F)c2)CS3)cc(OC)c1OC. The van der Waals surface area contributed by atoms with E-state index < -0.39 is 11.6 Å². The minimum Gasteiger partial charge on any atom is -0.493 e. The van der Waals surface area contributed by atoms with Crippen molar-refractivity contribution < 1.29 is 23.0 Å². The molecule has 0 atom stereocenters. The summed E-state index contributed by atoms with van der Waals surface area (Å²) < 4.78 is 44.6. The van der Waals surface area contributed by atoms with Crippen LogP contribution in [-0.2, 0) is 0 Å². The Balaban J connectivity index is 1.82. The van der Waals surface area contributed by atoms with Gasteiger partial charge in [-0.25, -0.2) is 8.78 Å². The van der Waals surface area contributed by atoms with Gasteiger partial charge in [0.25, 0.3) is 0 Å². The highest BCUT2D eigenvalue weighted by Gasteiger charge is 2.23. The highest BCUT2D eigenvalue weighted by molar-refractivity contribution is 7.99. The molecular formula is C19H16F2N4O3S. The molecular weight excluding hydrogens is 402 g/mol. The number of hydrogen-bond acceptors (Lipinski definition) is 7. The zero-order chi connectivity index (χ0) is 20.5. The van der Waals surface area contributed by atoms with Gasteiger partial charge < -0.3 is 14.2 Å². The molecule has 0 bridgehead atoms. The second kappa shape index (κ2) is 7.70. The summed E-state index contributed by atoms with van der Waals surface area (Å²) in [4.78, 5) is 0. The van der Waals surface area contributed by atoms with Crippen LogP contribution < -0.4 is 14.2 Å². The first kappa shape index (κ1) is 19.2. The van der Waals surface area contributed by atoms with Gasteiger partial charge in [-0.1, -0.05) is 11.8 Å². The molecule has 150 valence electrons. The normalized spacial score (nSPS) is 12.9. The van der Waals surface area contributed by atoms with Gasteiger partial charge in [-0.15, -0.1) is 10.2 Å². The second-order valence-electron chi connectivity index (χ2n) is 6.00. The fourth-order valence-corrected chi connectivity index (χ4v) is 3.77. The molecule has 0 radical (unpaired) electrons. The van der Waals surface area contributed by atoms with E-state index >= 15 is 0 Å². The lowest BCUT2D eigenvalue weighted by molar-refractivity contribution is 0.324. The van der Waals surface area contributed by atoms with E-state index in [1.54, 1.807) is 16.8 Å². The van der Waals surface area contributed by atoms with Crippen LogP contribution in [0.5, 0.6) is 17.2 Å². The molecule has 0 fully saturated rings. The van der Waals surface area contributed by atoms with E-state index in [4.69, 9.17) is 14.2 Å². The van der Waals surface area contributed by atoms with E-state index in [-0.39, 0.29) is 0 Å². The number of nitrogens with zero attached hydrogens (tertiary/aromatic N) is 4. The summed E-state index contributed by atoms with van der Waals surface area (Å²) in [7, 11) is 4.57. The van der Waals surface area contributed by atoms with Crippen LogP contribution in [0.2, 0.25) is 0 Å². The number of aromatic nitrogens is 3. The monoisotopic (exact) mass is 418 g/mol. The van der Waals surface area contributed by atoms with Gasteiger partial charge in [0.05, 0.1) is 27.0 Å². The maximum Gasteiger partial charge on any atom is 0.212 e. The van der Waals surface area contributed by atoms with Gasteiger partial charge in [0.15, 0.2) is 29.0 Å². The Kier molecular flexibility index (Phi) is 5.10. The first-order valence-electron chi connectivity index (χ1n) is 8.47. The largest absolute Gasteiger partial charge is 0.493 e. The van der Waals surface area contributed by atoms with Crippen LogP contribution in [0.3, 0.4) is 0 Å². The van der Waals surface area contributed by atoms with Gasteiger partial charge in [0.1, 0.15) is 0 Å². The third kappa shape index (κ3) is 3.39. The molecule has 4 rings (SSSR count). The topological polar surface area (TPSA) is 70.8 Å². The summed E-state index contributed by atoms with van der Waals surface area (Å²) in [5.41, 5.74) is 1.72. The molecule has 0 saturated heterocycles. The predicted molar refractivity (Wildman–Crippen MR) is 104 cm³/mol. The van der Waals surface area contributed by atoms with Gasteiger partial charge in [-0.2, -0.15) is 9.78 Å². The van der Waals surface area contributed by atoms with Crippen LogP contribution in [-0.4, -0.2) is 47.7 Å². The van der Waals surface area contributed by atoms with Crippen LogP contribution in [0.25, 0.3) is 11.4 Å². The van der Waals surface area contributed by atoms with Crippen LogP contribution >= 0.6 is 11.8 Å². The Morgan fingerprint density at radius 2 is 1.62 bits per heavy atom. The number of rotatable bonds is 5. The van der Waals surface area contributed by atoms with E-state index in [1.807, 2.05) is 0 Å². The Hall–Kier alpha value is -3.14. The van der Waals surface area contributed by atoms with Gasteiger partial charge >= 0.3 is 0 Å². The van der Waals surface area contributed by atoms with Crippen molar-refractivity contribution in [3.8, 4) is 28.6 Å². The molecule has 3 aromatic rings. The Bertz CT molecular complexity index is 1090. The summed E-state index contributed by atoms with van der Waals surface area (Å²) in [6.07, 6.45) is 0. The van der Waals surface area contributed by atoms with Gasteiger partial charge in [-0.3, -0.25) is 0 Å². The van der Waals surface area contributed by atoms with Crippen LogP contribution in [0, 0.1) is 11.6 Å². The van der Waals surface area contributed by atoms with Crippen molar-refractivity contribution in [2.24, 2.45) is 5.10 Å². The van der Waals surface area contributed by atoms with Crippen LogP contribution in [0.1, 0.15) is 5.56 Å². The van der Waals surface area contributed by atoms with E-state index in [2.05, 4.69) is 15.3 Å². The molecule has 1 aliphatic rings. The van der Waals surface area contributed by atoms with Crippen molar-refractivity contribution in [3.63, 3.8) is 0 Å². The Labute approximate surface area is 169 Å². The fraction of sp³-hybridized carbons (Fsp3) is 0.211. The van der Waals surface area contributed by atoms with Gasteiger partial charge in [-0.05, 0) is 30.3 Å². The minimum absolute atomic E-state index is 0.450. The van der Waals surface area contributed by atoms with E-state index in [0.717, 1.165) is 12.1 Å². The third-order valence-electron chi connectivity index (χ3n) is 4.35. The molecule has 1 aromatic heterocycles. The smallest absolute Gasteiger partial charge is 0.212 e. The van der Waals surface area contributed by atoms with Crippen molar-refractivity contribution in [1.29, 1.82) is 0 Å². The molecule has 0 spiro atoms. The van der Waals surface area contributed by atoms with Crippen molar-refractivity contribution in [2.75, 3.05) is 27.1 Å². The standard InChI is InChI=1S/C19H16F2N4O3S/c1-26-15-7-11(8-16(27-2)17(15)28-3)18-22-23-19-25(18)24-14(9-29-19)10-4-5-12(20)13(21)6-10/h4-8H,9H2,1-3H3. The Morgan fingerprint density at radius 3 is 2.24 bits per heavy atom. The summed E-state index contributed by atoms with van der Waals surface area (Å²) >= 11 is 1.40. The maximum absolute atomic E-state index is 13.6. The molecule has 7 nitrogen and oxygen atoms in total. The number of halogens is 2. The van der Waals surface area contributed by atoms with Crippen molar-refractivity contribution in [1.82, 2.24) is 14.9 Å². The van der Waals surface area contributed by atoms with E-state index in [0.29, 0.717) is 50.8 Å². The molecule has 0 aliphatic carbocycles. The number of methoxy groups -OCH3 is 3. The Morgan fingerprint density at radius 1 is 0.897 bits per heavy atom. The molecule has 1 aliphatic heterocycles. The number of hydrogen-bond donors (Lipinski definition) is 0. The summed E-state index contributed by atoms with van der Waals surface area (Å²) in [5.74, 6) is 0.470. The van der Waals surface area contributed by atoms with Crippen molar-refractivity contribution in [2.45, 2.75) is 5.16 Å². The first-order chi connectivity index (χ1) is 14.0. The lowest BCUT2D eigenvalue weighted by atomic mass is 10.1. The maximum atomic E-state index is 13.6. The molecule has 0 unspecified atom stereocenters. The molecule has 0 saturated carbocycles. The average Bonchev–Trinajstić information content (AvgIpc) is 3.17. The zero-order valence-corrected chi connectivity index (χ0v) is 16.6. The predicted octanol–water partition coefficient (Wildman–Crippen LogP) is 3.61. The number of ether oxygens (including phenoxy) is 3. The highest BCUT2D eigenvalue weighted by Crippen LogP contribution is 2.41. The first-order valence-corrected chi connectivity index (χ1v) is 9.46. The second-order valence-corrected chi connectivity index (χ2v) is 6.94. The quantitative estimate of drug-likeness (QED) is 0.631. The van der Waals surface area contributed by atoms with Gasteiger partial charge in [0, 0.05) is 16.9 Å². The zero-order valence-electron chi connectivity index (χ0n) is 15.8. The summed E-state index contributed by atoms with van der Waals surface area (Å²) in [6.45, 7) is 0. The molecule has 10 heteroatoms. The summed E-state index contributed by atoms with van der Waals surface area (Å²) in [5, 5.41) is 13.5. The molecule has 0 N–H and O–H groups in total. The molecule has 2 heterocycles. The molecule has 29 heavy (non-hydrogen) atoms. The third-order valence-corrected chi connectivity index (χ3v) is 5.28. The van der Waals surface area contributed by atoms with Crippen molar-refractivity contribution in [3.05, 3.63) is 47.5 Å². The van der Waals surface area contributed by atoms with Gasteiger partial charge in [0.2, 0.25) is 10.9 Å². The summed E-state index contributed by atoms with van der Waals surface area (Å²) in [6, 6.07) is 7.18. The van der Waals surface area contributed by atoms with E-state index in [9.17, 15) is 8.78 Å². The lowest BCUT2D eigenvalue weighted by Gasteiger charge is -2.16. The molecule has 0 amide bonds. The van der Waals surface area contributed by atoms with Crippen LogP contribution in [0.4, 0.5) is 8.78 Å². The average molecular weight is 418 g/mol. The highest BCUT2D eigenvalue weighted by atomic mass is 32.2. The lowest BCUT2D eigenvalue weighted by Crippen LogP contribution is -2.14. The van der Waals surface area contributed by atoms with Crippen molar-refractivity contribution >= 4 is 17.5 Å².